The van der Waals surface area contributed by atoms with Crippen molar-refractivity contribution in [1.29, 1.82) is 0 Å². The Labute approximate surface area is 202 Å². The van der Waals surface area contributed by atoms with E-state index in [1.54, 1.807) is 4.90 Å². The number of nitrogens with zero attached hydrogens (tertiary/aromatic N) is 4. The Hall–Kier alpha value is -2.72. The lowest BCUT2D eigenvalue weighted by atomic mass is 9.95. The van der Waals surface area contributed by atoms with E-state index in [1.807, 2.05) is 0 Å². The number of para-hydroxylation sites is 1. The Morgan fingerprint density at radius 1 is 1.11 bits per heavy atom. The van der Waals surface area contributed by atoms with Crippen LogP contribution in [-0.4, -0.2) is 70.4 Å². The summed E-state index contributed by atoms with van der Waals surface area (Å²) < 4.78 is 47.5. The molecule has 0 aliphatic carbocycles. The Morgan fingerprint density at radius 2 is 1.74 bits per heavy atom. The van der Waals surface area contributed by atoms with Crippen LogP contribution in [0.1, 0.15) is 48.4 Å². The number of benzene rings is 1. The fraction of sp³-hybridized carbons (Fsp3) is 0.560. The minimum atomic E-state index is -4.60. The standard InChI is InChI=1S/C25H31F3N4O3/c1-16-12-22(33)23(29-32(16)21-7-5-4-6-20(21)25(26,27)28)24(34)31-10-8-19(9-11-31)15-30-13-17(2)35-18(3)14-30/h4-7,12,17-19H,8-11,13-15H2,1-3H3. The second kappa shape index (κ2) is 10.1. The van der Waals surface area contributed by atoms with Crippen LogP contribution in [0, 0.1) is 12.8 Å². The Balaban J connectivity index is 1.49. The zero-order chi connectivity index (χ0) is 25.3. The maximum Gasteiger partial charge on any atom is 0.418 e. The van der Waals surface area contributed by atoms with Gasteiger partial charge in [-0.05, 0) is 51.7 Å². The summed E-state index contributed by atoms with van der Waals surface area (Å²) in [6, 6.07) is 6.16. The molecule has 0 N–H and O–H groups in total. The van der Waals surface area contributed by atoms with Gasteiger partial charge in [-0.3, -0.25) is 14.5 Å². The number of piperidine rings is 1. The van der Waals surface area contributed by atoms with Gasteiger partial charge in [0.25, 0.3) is 5.91 Å². The van der Waals surface area contributed by atoms with Crippen molar-refractivity contribution in [2.24, 2.45) is 5.92 Å². The van der Waals surface area contributed by atoms with E-state index in [-0.39, 0.29) is 29.3 Å². The largest absolute Gasteiger partial charge is 0.418 e. The summed E-state index contributed by atoms with van der Waals surface area (Å²) >= 11 is 0. The van der Waals surface area contributed by atoms with Crippen LogP contribution in [0.4, 0.5) is 13.2 Å². The second-order valence-corrected chi connectivity index (χ2v) is 9.64. The summed E-state index contributed by atoms with van der Waals surface area (Å²) in [6.45, 7) is 9.29. The molecule has 2 unspecified atom stereocenters. The molecule has 2 fully saturated rings. The monoisotopic (exact) mass is 492 g/mol. The second-order valence-electron chi connectivity index (χ2n) is 9.64. The molecule has 2 saturated heterocycles. The summed E-state index contributed by atoms with van der Waals surface area (Å²) in [5, 5.41) is 4.11. The van der Waals surface area contributed by atoms with Crippen molar-refractivity contribution in [1.82, 2.24) is 19.6 Å². The third kappa shape index (κ3) is 5.75. The van der Waals surface area contributed by atoms with Crippen molar-refractivity contribution in [2.45, 2.75) is 52.0 Å². The van der Waals surface area contributed by atoms with Gasteiger partial charge >= 0.3 is 6.18 Å². The number of hydrogen-bond donors (Lipinski definition) is 0. The van der Waals surface area contributed by atoms with Gasteiger partial charge in [-0.15, -0.1) is 0 Å². The lowest BCUT2D eigenvalue weighted by Gasteiger charge is -2.39. The van der Waals surface area contributed by atoms with Gasteiger partial charge in [0.05, 0.1) is 23.5 Å². The first-order valence-electron chi connectivity index (χ1n) is 12.0. The first kappa shape index (κ1) is 25.4. The lowest BCUT2D eigenvalue weighted by Crippen LogP contribution is -2.49. The molecule has 1 amide bonds. The molecular weight excluding hydrogens is 461 g/mol. The van der Waals surface area contributed by atoms with Crippen LogP contribution < -0.4 is 5.43 Å². The van der Waals surface area contributed by atoms with E-state index in [0.717, 1.165) is 43.2 Å². The molecule has 35 heavy (non-hydrogen) atoms. The highest BCUT2D eigenvalue weighted by Gasteiger charge is 2.35. The first-order chi connectivity index (χ1) is 16.5. The van der Waals surface area contributed by atoms with Gasteiger partial charge in [-0.25, -0.2) is 4.68 Å². The van der Waals surface area contributed by atoms with E-state index >= 15 is 0 Å². The Bertz CT molecular complexity index is 1120. The number of halogens is 3. The van der Waals surface area contributed by atoms with Gasteiger partial charge in [0.2, 0.25) is 5.43 Å². The Kier molecular flexibility index (Phi) is 7.32. The van der Waals surface area contributed by atoms with Gasteiger partial charge in [-0.1, -0.05) is 12.1 Å². The fourth-order valence-corrected chi connectivity index (χ4v) is 5.10. The highest BCUT2D eigenvalue weighted by atomic mass is 19.4. The molecular formula is C25H31F3N4O3. The van der Waals surface area contributed by atoms with Gasteiger partial charge < -0.3 is 9.64 Å². The zero-order valence-electron chi connectivity index (χ0n) is 20.2. The van der Waals surface area contributed by atoms with Crippen molar-refractivity contribution < 1.29 is 22.7 Å². The molecule has 1 aromatic heterocycles. The number of likely N-dealkylation sites (tertiary alicyclic amines) is 1. The molecule has 0 spiro atoms. The summed E-state index contributed by atoms with van der Waals surface area (Å²) in [5.41, 5.74) is -1.84. The predicted molar refractivity (Wildman–Crippen MR) is 125 cm³/mol. The number of aromatic nitrogens is 2. The van der Waals surface area contributed by atoms with Crippen molar-refractivity contribution >= 4 is 5.91 Å². The maximum atomic E-state index is 13.6. The average Bonchev–Trinajstić information content (AvgIpc) is 2.78. The van der Waals surface area contributed by atoms with Crippen LogP contribution >= 0.6 is 0 Å². The van der Waals surface area contributed by atoms with Crippen LogP contribution in [0.15, 0.2) is 35.1 Å². The number of amides is 1. The number of ether oxygens (including phenoxy) is 1. The average molecular weight is 493 g/mol. The molecule has 10 heteroatoms. The van der Waals surface area contributed by atoms with Crippen LogP contribution in [-0.2, 0) is 10.9 Å². The fourth-order valence-electron chi connectivity index (χ4n) is 5.10. The smallest absolute Gasteiger partial charge is 0.373 e. The molecule has 2 atom stereocenters. The van der Waals surface area contributed by atoms with Crippen LogP contribution in [0.2, 0.25) is 0 Å². The van der Waals surface area contributed by atoms with Gasteiger partial charge in [0.1, 0.15) is 0 Å². The normalized spacial score (nSPS) is 22.4. The topological polar surface area (TPSA) is 67.7 Å². The number of morpholine rings is 1. The van der Waals surface area contributed by atoms with Crippen molar-refractivity contribution in [3.63, 3.8) is 0 Å². The Morgan fingerprint density at radius 3 is 2.37 bits per heavy atom. The highest BCUT2D eigenvalue weighted by Crippen LogP contribution is 2.33. The van der Waals surface area contributed by atoms with Crippen molar-refractivity contribution in [3.05, 3.63) is 57.5 Å². The molecule has 1 aromatic carbocycles. The maximum absolute atomic E-state index is 13.6. The third-order valence-electron chi connectivity index (χ3n) is 6.66. The summed E-state index contributed by atoms with van der Waals surface area (Å²) in [6.07, 6.45) is -2.63. The number of carbonyl (C=O) groups excluding carboxylic acids is 1. The first-order valence-corrected chi connectivity index (χ1v) is 12.0. The van der Waals surface area contributed by atoms with E-state index in [0.29, 0.717) is 19.0 Å². The van der Waals surface area contributed by atoms with Crippen LogP contribution in [0.5, 0.6) is 0 Å². The molecule has 7 nitrogen and oxygen atoms in total. The number of carbonyl (C=O) groups is 1. The molecule has 0 radical (unpaired) electrons. The summed E-state index contributed by atoms with van der Waals surface area (Å²) in [5.74, 6) is -0.113. The number of alkyl halides is 3. The van der Waals surface area contributed by atoms with E-state index in [1.165, 1.54) is 31.2 Å². The molecule has 3 heterocycles. The van der Waals surface area contributed by atoms with E-state index < -0.39 is 23.1 Å². The van der Waals surface area contributed by atoms with Crippen molar-refractivity contribution in [3.8, 4) is 5.69 Å². The molecule has 0 bridgehead atoms. The molecule has 4 rings (SSSR count). The zero-order valence-corrected chi connectivity index (χ0v) is 20.2. The predicted octanol–water partition coefficient (Wildman–Crippen LogP) is 3.52. The van der Waals surface area contributed by atoms with Crippen LogP contribution in [0.25, 0.3) is 5.69 Å². The molecule has 2 aliphatic heterocycles. The van der Waals surface area contributed by atoms with Gasteiger partial charge in [0, 0.05) is 44.5 Å². The van der Waals surface area contributed by atoms with Crippen molar-refractivity contribution in [2.75, 3.05) is 32.7 Å². The van der Waals surface area contributed by atoms with Gasteiger partial charge in [-0.2, -0.15) is 18.3 Å². The molecule has 0 saturated carbocycles. The molecule has 2 aliphatic rings. The van der Waals surface area contributed by atoms with Gasteiger partial charge in [0.15, 0.2) is 5.69 Å². The number of aryl methyl sites for hydroxylation is 1. The quantitative estimate of drug-likeness (QED) is 0.654. The minimum absolute atomic E-state index is 0.192. The van der Waals surface area contributed by atoms with E-state index in [2.05, 4.69) is 23.8 Å². The van der Waals surface area contributed by atoms with E-state index in [4.69, 9.17) is 4.74 Å². The summed E-state index contributed by atoms with van der Waals surface area (Å²) in [7, 11) is 0. The summed E-state index contributed by atoms with van der Waals surface area (Å²) in [4.78, 5) is 29.8. The molecule has 2 aromatic rings. The van der Waals surface area contributed by atoms with E-state index in [9.17, 15) is 22.8 Å². The minimum Gasteiger partial charge on any atom is -0.373 e. The third-order valence-corrected chi connectivity index (χ3v) is 6.66. The number of rotatable bonds is 4. The molecule has 190 valence electrons. The highest BCUT2D eigenvalue weighted by molar-refractivity contribution is 5.92. The SMILES string of the molecule is Cc1cc(=O)c(C(=O)N2CCC(CN3CC(C)OC(C)C3)CC2)nn1-c1ccccc1C(F)(F)F. The lowest BCUT2D eigenvalue weighted by molar-refractivity contribution is -0.137. The van der Waals surface area contributed by atoms with Crippen LogP contribution in [0.3, 0.4) is 0 Å². The number of hydrogen-bond acceptors (Lipinski definition) is 5.